The summed E-state index contributed by atoms with van der Waals surface area (Å²) < 4.78 is 29.4. The first-order valence-electron chi connectivity index (χ1n) is 10.3. The van der Waals surface area contributed by atoms with E-state index >= 15 is 0 Å². The van der Waals surface area contributed by atoms with Gasteiger partial charge in [-0.15, -0.1) is 0 Å². The van der Waals surface area contributed by atoms with Gasteiger partial charge in [-0.1, -0.05) is 50.7 Å². The van der Waals surface area contributed by atoms with E-state index in [-0.39, 0.29) is 29.1 Å². The molecule has 1 aromatic carbocycles. The quantitative estimate of drug-likeness (QED) is 0.771. The lowest BCUT2D eigenvalue weighted by atomic mass is 9.91. The van der Waals surface area contributed by atoms with Crippen LogP contribution in [-0.4, -0.2) is 30.7 Å². The van der Waals surface area contributed by atoms with E-state index < -0.39 is 15.9 Å². The van der Waals surface area contributed by atoms with Gasteiger partial charge in [0.25, 0.3) is 0 Å². The van der Waals surface area contributed by atoms with Crippen molar-refractivity contribution >= 4 is 21.6 Å². The summed E-state index contributed by atoms with van der Waals surface area (Å²) in [5.74, 6) is -0.493. The Bertz CT molecular complexity index is 802. The van der Waals surface area contributed by atoms with Crippen LogP contribution in [0.2, 0.25) is 0 Å². The summed E-state index contributed by atoms with van der Waals surface area (Å²) >= 11 is 0. The Morgan fingerprint density at radius 3 is 2.07 bits per heavy atom. The topological polar surface area (TPSA) is 90.3 Å². The van der Waals surface area contributed by atoms with E-state index in [2.05, 4.69) is 5.32 Å². The normalized spacial score (nSPS) is 19.3. The first-order chi connectivity index (χ1) is 13.5. The number of hydrogen-bond acceptors (Lipinski definition) is 4. The summed E-state index contributed by atoms with van der Waals surface area (Å²) in [5, 5.41) is 11.3. The number of rotatable bonds is 6. The number of benzene rings is 1. The first kappa shape index (κ1) is 20.8. The van der Waals surface area contributed by atoms with Crippen LogP contribution in [0.4, 0.5) is 5.69 Å². The summed E-state index contributed by atoms with van der Waals surface area (Å²) in [4.78, 5) is 12.1. The van der Waals surface area contributed by atoms with Gasteiger partial charge in [0.1, 0.15) is 11.3 Å². The molecular weight excluding hydrogens is 374 g/mol. The fourth-order valence-corrected chi connectivity index (χ4v) is 6.62. The van der Waals surface area contributed by atoms with Crippen LogP contribution in [0.15, 0.2) is 29.2 Å². The first-order valence-corrected chi connectivity index (χ1v) is 11.8. The van der Waals surface area contributed by atoms with Crippen LogP contribution in [0.25, 0.3) is 0 Å². The minimum Gasteiger partial charge on any atom is -0.324 e. The Morgan fingerprint density at radius 2 is 1.54 bits per heavy atom. The van der Waals surface area contributed by atoms with E-state index in [9.17, 15) is 13.2 Å². The molecule has 0 saturated heterocycles. The van der Waals surface area contributed by atoms with E-state index in [0.717, 1.165) is 64.2 Å². The molecule has 2 fully saturated rings. The molecule has 0 unspecified atom stereocenters. The van der Waals surface area contributed by atoms with Crippen molar-refractivity contribution in [2.24, 2.45) is 0 Å². The predicted molar refractivity (Wildman–Crippen MR) is 108 cm³/mol. The molecule has 152 valence electrons. The number of carbonyl (C=O) groups is 1. The molecular formula is C21H29N3O3S. The van der Waals surface area contributed by atoms with Crippen molar-refractivity contribution in [1.29, 1.82) is 5.26 Å². The minimum atomic E-state index is -3.76. The molecule has 28 heavy (non-hydrogen) atoms. The molecule has 1 amide bonds. The van der Waals surface area contributed by atoms with Gasteiger partial charge in [0, 0.05) is 12.1 Å². The maximum atomic E-state index is 13.8. The number of sulfonamides is 1. The molecule has 0 spiro atoms. The highest BCUT2D eigenvalue weighted by Gasteiger charge is 2.39. The van der Waals surface area contributed by atoms with E-state index in [1.165, 1.54) is 0 Å². The highest BCUT2D eigenvalue weighted by Crippen LogP contribution is 2.36. The van der Waals surface area contributed by atoms with Gasteiger partial charge in [-0.2, -0.15) is 9.57 Å². The Labute approximate surface area is 168 Å². The van der Waals surface area contributed by atoms with Crippen molar-refractivity contribution in [3.8, 4) is 6.07 Å². The fraction of sp³-hybridized carbons (Fsp3) is 0.619. The van der Waals surface area contributed by atoms with E-state index in [4.69, 9.17) is 5.26 Å². The molecule has 0 aliphatic heterocycles. The average molecular weight is 404 g/mol. The largest absolute Gasteiger partial charge is 0.324 e. The lowest BCUT2D eigenvalue weighted by Crippen LogP contribution is -2.48. The Balaban J connectivity index is 1.97. The van der Waals surface area contributed by atoms with Gasteiger partial charge in [-0.25, -0.2) is 8.42 Å². The molecule has 0 atom stereocenters. The van der Waals surface area contributed by atoms with Gasteiger partial charge in [-0.3, -0.25) is 4.79 Å². The fourth-order valence-electron chi connectivity index (χ4n) is 4.54. The SMILES string of the molecule is N#CCC(=O)Nc1ccccc1S(=O)(=O)N(C1CCCCC1)C1CCCCC1. The average Bonchev–Trinajstić information content (AvgIpc) is 2.70. The van der Waals surface area contributed by atoms with Gasteiger partial charge < -0.3 is 5.32 Å². The Kier molecular flexibility index (Phi) is 7.08. The number of hydrogen-bond donors (Lipinski definition) is 1. The third kappa shape index (κ3) is 4.73. The zero-order chi connectivity index (χ0) is 20.0. The summed E-state index contributed by atoms with van der Waals surface area (Å²) in [6.45, 7) is 0. The third-order valence-corrected chi connectivity index (χ3v) is 7.89. The molecule has 3 rings (SSSR count). The molecule has 1 aromatic rings. The Hall–Kier alpha value is -1.91. The maximum absolute atomic E-state index is 13.8. The number of nitrogens with one attached hydrogen (secondary N) is 1. The van der Waals surface area contributed by atoms with Crippen LogP contribution in [0.1, 0.15) is 70.6 Å². The van der Waals surface area contributed by atoms with Crippen molar-refractivity contribution in [3.05, 3.63) is 24.3 Å². The van der Waals surface area contributed by atoms with Gasteiger partial charge in [0.15, 0.2) is 0 Å². The molecule has 0 heterocycles. The van der Waals surface area contributed by atoms with Gasteiger partial charge >= 0.3 is 0 Å². The van der Waals surface area contributed by atoms with Crippen LogP contribution in [0.3, 0.4) is 0 Å². The molecule has 7 heteroatoms. The van der Waals surface area contributed by atoms with Gasteiger partial charge in [-0.05, 0) is 37.8 Å². The lowest BCUT2D eigenvalue weighted by Gasteiger charge is -2.40. The molecule has 0 radical (unpaired) electrons. The van der Waals surface area contributed by atoms with Crippen LogP contribution < -0.4 is 5.32 Å². The van der Waals surface area contributed by atoms with E-state index in [0.29, 0.717) is 0 Å². The third-order valence-electron chi connectivity index (χ3n) is 5.83. The molecule has 1 N–H and O–H groups in total. The van der Waals surface area contributed by atoms with E-state index in [1.54, 1.807) is 34.6 Å². The van der Waals surface area contributed by atoms with Gasteiger partial charge in [0.05, 0.1) is 11.8 Å². The number of anilines is 1. The second kappa shape index (κ2) is 9.53. The van der Waals surface area contributed by atoms with Crippen molar-refractivity contribution in [1.82, 2.24) is 4.31 Å². The molecule has 0 aromatic heterocycles. The van der Waals surface area contributed by atoms with Crippen LogP contribution in [0.5, 0.6) is 0 Å². The zero-order valence-corrected chi connectivity index (χ0v) is 17.1. The van der Waals surface area contributed by atoms with Crippen LogP contribution in [0, 0.1) is 11.3 Å². The van der Waals surface area contributed by atoms with E-state index in [1.807, 2.05) is 0 Å². The molecule has 2 saturated carbocycles. The number of para-hydroxylation sites is 1. The molecule has 0 bridgehead atoms. The highest BCUT2D eigenvalue weighted by molar-refractivity contribution is 7.89. The van der Waals surface area contributed by atoms with Crippen molar-refractivity contribution in [3.63, 3.8) is 0 Å². The molecule has 2 aliphatic rings. The lowest BCUT2D eigenvalue weighted by molar-refractivity contribution is -0.115. The molecule has 6 nitrogen and oxygen atoms in total. The summed E-state index contributed by atoms with van der Waals surface area (Å²) in [5.41, 5.74) is 0.263. The minimum absolute atomic E-state index is 0.0321. The van der Waals surface area contributed by atoms with Crippen molar-refractivity contribution in [2.75, 3.05) is 5.32 Å². The zero-order valence-electron chi connectivity index (χ0n) is 16.3. The van der Waals surface area contributed by atoms with Crippen LogP contribution >= 0.6 is 0 Å². The van der Waals surface area contributed by atoms with Gasteiger partial charge in [0.2, 0.25) is 15.9 Å². The second-order valence-electron chi connectivity index (χ2n) is 7.80. The summed E-state index contributed by atoms with van der Waals surface area (Å²) in [6.07, 6.45) is 9.87. The van der Waals surface area contributed by atoms with Crippen molar-refractivity contribution in [2.45, 2.75) is 87.6 Å². The number of nitrogens with zero attached hydrogens (tertiary/aromatic N) is 2. The summed E-state index contributed by atoms with van der Waals surface area (Å²) in [6, 6.07) is 8.42. The second-order valence-corrected chi connectivity index (χ2v) is 9.61. The number of carbonyl (C=O) groups excluding carboxylic acids is 1. The smallest absolute Gasteiger partial charge is 0.245 e. The summed E-state index contributed by atoms with van der Waals surface area (Å²) in [7, 11) is -3.76. The Morgan fingerprint density at radius 1 is 1.00 bits per heavy atom. The van der Waals surface area contributed by atoms with Crippen molar-refractivity contribution < 1.29 is 13.2 Å². The molecule has 2 aliphatic carbocycles. The number of amides is 1. The maximum Gasteiger partial charge on any atom is 0.245 e. The predicted octanol–water partition coefficient (Wildman–Crippen LogP) is 4.19. The highest BCUT2D eigenvalue weighted by atomic mass is 32.2. The number of nitriles is 1. The van der Waals surface area contributed by atoms with Crippen LogP contribution in [-0.2, 0) is 14.8 Å². The monoisotopic (exact) mass is 403 g/mol. The standard InChI is InChI=1S/C21H29N3O3S/c22-16-15-21(25)23-19-13-7-8-14-20(19)28(26,27)24(17-9-3-1-4-10-17)18-11-5-2-6-12-18/h7-8,13-14,17-18H,1-6,9-12,15H2,(H,23,25).